The highest BCUT2D eigenvalue weighted by molar-refractivity contribution is 5.89. The third-order valence-electron chi connectivity index (χ3n) is 4.28. The Morgan fingerprint density at radius 1 is 1.22 bits per heavy atom. The van der Waals surface area contributed by atoms with Gasteiger partial charge in [-0.2, -0.15) is 0 Å². The van der Waals surface area contributed by atoms with E-state index in [9.17, 15) is 4.79 Å². The molecule has 1 saturated carbocycles. The van der Waals surface area contributed by atoms with Crippen molar-refractivity contribution in [3.05, 3.63) is 29.8 Å². The number of nitrogen functional groups attached to an aromatic ring is 1. The minimum Gasteiger partial charge on any atom is -0.399 e. The Bertz CT molecular complexity index is 413. The molecule has 0 aliphatic heterocycles. The second-order valence-electron chi connectivity index (χ2n) is 6.02. The number of ketones is 1. The van der Waals surface area contributed by atoms with Crippen LogP contribution >= 0.6 is 0 Å². The van der Waals surface area contributed by atoms with Gasteiger partial charge in [-0.25, -0.2) is 0 Å². The number of nitrogens with two attached hydrogens (primary N) is 1. The average Bonchev–Trinajstić information content (AvgIpc) is 2.82. The van der Waals surface area contributed by atoms with Crippen molar-refractivity contribution in [1.82, 2.24) is 0 Å². The third-order valence-corrected chi connectivity index (χ3v) is 4.28. The molecule has 1 fully saturated rings. The molecule has 2 rings (SSSR count). The summed E-state index contributed by atoms with van der Waals surface area (Å²) in [5, 5.41) is 0. The van der Waals surface area contributed by atoms with E-state index in [-0.39, 0.29) is 0 Å². The zero-order chi connectivity index (χ0) is 13.2. The lowest BCUT2D eigenvalue weighted by atomic mass is 9.77. The molecule has 1 aromatic rings. The molecule has 0 aromatic heterocycles. The molecule has 0 saturated heterocycles. The van der Waals surface area contributed by atoms with Crippen LogP contribution in [0.1, 0.15) is 51.5 Å². The third kappa shape index (κ3) is 2.74. The fraction of sp³-hybridized carbons (Fsp3) is 0.562. The van der Waals surface area contributed by atoms with Crippen LogP contribution in [0.15, 0.2) is 24.3 Å². The van der Waals surface area contributed by atoms with Gasteiger partial charge in [0, 0.05) is 17.5 Å². The van der Waals surface area contributed by atoms with E-state index in [1.54, 1.807) is 0 Å². The van der Waals surface area contributed by atoms with E-state index >= 15 is 0 Å². The van der Waals surface area contributed by atoms with Crippen molar-refractivity contribution in [3.63, 3.8) is 0 Å². The SMILES string of the molecule is CC(C)(C(=O)CC1CCCC1)c1ccc(N)cc1. The zero-order valence-electron chi connectivity index (χ0n) is 11.4. The maximum Gasteiger partial charge on any atom is 0.143 e. The van der Waals surface area contributed by atoms with E-state index in [4.69, 9.17) is 5.73 Å². The van der Waals surface area contributed by atoms with Gasteiger partial charge in [0.15, 0.2) is 0 Å². The molecule has 0 heterocycles. The van der Waals surface area contributed by atoms with E-state index in [1.165, 1.54) is 25.7 Å². The maximum absolute atomic E-state index is 12.5. The van der Waals surface area contributed by atoms with Crippen LogP contribution in [0.4, 0.5) is 5.69 Å². The molecule has 0 radical (unpaired) electrons. The number of rotatable bonds is 4. The van der Waals surface area contributed by atoms with E-state index in [2.05, 4.69) is 0 Å². The lowest BCUT2D eigenvalue weighted by Gasteiger charge is -2.25. The van der Waals surface area contributed by atoms with Crippen LogP contribution in [0.25, 0.3) is 0 Å². The van der Waals surface area contributed by atoms with Crippen LogP contribution < -0.4 is 5.73 Å². The molecule has 0 bridgehead atoms. The highest BCUT2D eigenvalue weighted by atomic mass is 16.1. The Kier molecular flexibility index (Phi) is 3.74. The topological polar surface area (TPSA) is 43.1 Å². The lowest BCUT2D eigenvalue weighted by Crippen LogP contribution is -2.30. The molecule has 0 amide bonds. The van der Waals surface area contributed by atoms with Gasteiger partial charge in [0.2, 0.25) is 0 Å². The van der Waals surface area contributed by atoms with Crippen molar-refractivity contribution in [2.75, 3.05) is 5.73 Å². The second-order valence-corrected chi connectivity index (χ2v) is 6.02. The summed E-state index contributed by atoms with van der Waals surface area (Å²) in [5.41, 5.74) is 7.12. The molecule has 2 N–H and O–H groups in total. The van der Waals surface area contributed by atoms with E-state index in [0.29, 0.717) is 11.7 Å². The summed E-state index contributed by atoms with van der Waals surface area (Å²) in [5.74, 6) is 0.977. The lowest BCUT2D eigenvalue weighted by molar-refractivity contribution is -0.124. The first-order valence-electron chi connectivity index (χ1n) is 6.89. The van der Waals surface area contributed by atoms with Gasteiger partial charge in [-0.15, -0.1) is 0 Å². The smallest absolute Gasteiger partial charge is 0.143 e. The Hall–Kier alpha value is -1.31. The van der Waals surface area contributed by atoms with E-state index in [0.717, 1.165) is 17.7 Å². The molecule has 2 nitrogen and oxygen atoms in total. The number of Topliss-reactive ketones (excluding diaryl/α,β-unsaturated/α-hetero) is 1. The predicted octanol–water partition coefficient (Wildman–Crippen LogP) is 3.70. The first-order valence-corrected chi connectivity index (χ1v) is 6.89. The minimum absolute atomic E-state index is 0.360. The average molecular weight is 245 g/mol. The van der Waals surface area contributed by atoms with Crippen LogP contribution in [0, 0.1) is 5.92 Å². The van der Waals surface area contributed by atoms with Gasteiger partial charge in [0.05, 0.1) is 0 Å². The molecule has 1 aliphatic carbocycles. The first-order chi connectivity index (χ1) is 8.50. The molecule has 0 spiro atoms. The van der Waals surface area contributed by atoms with Gasteiger partial charge in [-0.3, -0.25) is 4.79 Å². The summed E-state index contributed by atoms with van der Waals surface area (Å²) in [7, 11) is 0. The summed E-state index contributed by atoms with van der Waals surface area (Å²) in [6.07, 6.45) is 5.77. The summed E-state index contributed by atoms with van der Waals surface area (Å²) < 4.78 is 0. The highest BCUT2D eigenvalue weighted by Gasteiger charge is 2.31. The zero-order valence-corrected chi connectivity index (χ0v) is 11.4. The van der Waals surface area contributed by atoms with Gasteiger partial charge in [-0.1, -0.05) is 37.8 Å². The van der Waals surface area contributed by atoms with Gasteiger partial charge >= 0.3 is 0 Å². The molecular formula is C16H23NO. The number of hydrogen-bond donors (Lipinski definition) is 1. The Balaban J connectivity index is 2.08. The quantitative estimate of drug-likeness (QED) is 0.822. The Morgan fingerprint density at radius 3 is 2.33 bits per heavy atom. The monoisotopic (exact) mass is 245 g/mol. The number of hydrogen-bond acceptors (Lipinski definition) is 2. The normalized spacial score (nSPS) is 17.0. The molecule has 0 atom stereocenters. The Labute approximate surface area is 110 Å². The molecule has 18 heavy (non-hydrogen) atoms. The van der Waals surface area contributed by atoms with Crippen LogP contribution in [-0.4, -0.2) is 5.78 Å². The summed E-state index contributed by atoms with van der Waals surface area (Å²) >= 11 is 0. The molecule has 2 heteroatoms. The predicted molar refractivity (Wildman–Crippen MR) is 75.5 cm³/mol. The largest absolute Gasteiger partial charge is 0.399 e. The molecule has 1 aliphatic rings. The first kappa shape index (κ1) is 13.1. The van der Waals surface area contributed by atoms with Crippen molar-refractivity contribution < 1.29 is 4.79 Å². The number of benzene rings is 1. The summed E-state index contributed by atoms with van der Waals surface area (Å²) in [6.45, 7) is 4.05. The highest BCUT2D eigenvalue weighted by Crippen LogP contribution is 2.33. The number of carbonyl (C=O) groups is 1. The number of anilines is 1. The molecular weight excluding hydrogens is 222 g/mol. The van der Waals surface area contributed by atoms with Gasteiger partial charge in [-0.05, 0) is 37.5 Å². The Morgan fingerprint density at radius 2 is 1.78 bits per heavy atom. The summed E-state index contributed by atoms with van der Waals surface area (Å²) in [4.78, 5) is 12.5. The van der Waals surface area contributed by atoms with Gasteiger partial charge < -0.3 is 5.73 Å². The van der Waals surface area contributed by atoms with Crippen LogP contribution in [0.5, 0.6) is 0 Å². The van der Waals surface area contributed by atoms with Crippen molar-refractivity contribution in [3.8, 4) is 0 Å². The number of carbonyl (C=O) groups excluding carboxylic acids is 1. The fourth-order valence-corrected chi connectivity index (χ4v) is 2.79. The van der Waals surface area contributed by atoms with Crippen LogP contribution in [0.2, 0.25) is 0 Å². The minimum atomic E-state index is -0.393. The van der Waals surface area contributed by atoms with Crippen molar-refractivity contribution >= 4 is 11.5 Å². The van der Waals surface area contributed by atoms with Crippen LogP contribution in [0.3, 0.4) is 0 Å². The van der Waals surface area contributed by atoms with Crippen molar-refractivity contribution in [2.45, 2.75) is 51.4 Å². The summed E-state index contributed by atoms with van der Waals surface area (Å²) in [6, 6.07) is 7.70. The second kappa shape index (κ2) is 5.13. The maximum atomic E-state index is 12.5. The fourth-order valence-electron chi connectivity index (χ4n) is 2.79. The van der Waals surface area contributed by atoms with Crippen molar-refractivity contribution in [2.24, 2.45) is 5.92 Å². The van der Waals surface area contributed by atoms with E-state index in [1.807, 2.05) is 38.1 Å². The van der Waals surface area contributed by atoms with Gasteiger partial charge in [0.1, 0.15) is 5.78 Å². The van der Waals surface area contributed by atoms with Gasteiger partial charge in [0.25, 0.3) is 0 Å². The van der Waals surface area contributed by atoms with Crippen molar-refractivity contribution in [1.29, 1.82) is 0 Å². The van der Waals surface area contributed by atoms with E-state index < -0.39 is 5.41 Å². The standard InChI is InChI=1S/C16H23NO/c1-16(2,13-7-9-14(17)10-8-13)15(18)11-12-5-3-4-6-12/h7-10,12H,3-6,11,17H2,1-2H3. The van der Waals surface area contributed by atoms with Crippen LogP contribution in [-0.2, 0) is 10.2 Å². The molecule has 0 unspecified atom stereocenters. The molecule has 1 aromatic carbocycles. The molecule has 98 valence electrons.